The van der Waals surface area contributed by atoms with Crippen LogP contribution in [0.3, 0.4) is 0 Å². The van der Waals surface area contributed by atoms with Gasteiger partial charge in [0.15, 0.2) is 5.69 Å². The molecule has 3 heterocycles. The largest absolute Gasteiger partial charge is 0.464 e. The van der Waals surface area contributed by atoms with Crippen LogP contribution in [0.25, 0.3) is 16.8 Å². The molecular formula is C25H28ClN3O4. The molecule has 1 aliphatic rings. The van der Waals surface area contributed by atoms with E-state index in [0.717, 1.165) is 24.9 Å². The number of carbonyl (C=O) groups is 2. The maximum Gasteiger partial charge on any atom is 0.410 e. The summed E-state index contributed by atoms with van der Waals surface area (Å²) in [6.45, 7) is 7.00. The summed E-state index contributed by atoms with van der Waals surface area (Å²) in [6, 6.07) is 13.5. The molecule has 1 saturated heterocycles. The lowest BCUT2D eigenvalue weighted by atomic mass is 9.90. The number of benzene rings is 1. The number of carbonyl (C=O) groups excluding carboxylic acids is 2. The first-order chi connectivity index (χ1) is 15.7. The zero-order chi connectivity index (χ0) is 23.8. The Hall–Kier alpha value is -3.06. The van der Waals surface area contributed by atoms with Gasteiger partial charge in [0.2, 0.25) is 0 Å². The third kappa shape index (κ3) is 4.98. The summed E-state index contributed by atoms with van der Waals surface area (Å²) in [5.74, 6) is -0.242. The Morgan fingerprint density at radius 3 is 2.52 bits per heavy atom. The number of ether oxygens (including phenoxy) is 2. The van der Waals surface area contributed by atoms with Crippen LogP contribution >= 0.6 is 11.6 Å². The fraction of sp³-hybridized carbons (Fsp3) is 0.400. The topological polar surface area (TPSA) is 73.1 Å². The molecule has 1 unspecified atom stereocenters. The Morgan fingerprint density at radius 1 is 1.12 bits per heavy atom. The average molecular weight is 470 g/mol. The molecule has 1 aromatic carbocycles. The van der Waals surface area contributed by atoms with Gasteiger partial charge in [-0.15, -0.1) is 0 Å². The summed E-state index contributed by atoms with van der Waals surface area (Å²) in [7, 11) is 1.33. The summed E-state index contributed by atoms with van der Waals surface area (Å²) in [6.07, 6.45) is 1.70. The Labute approximate surface area is 198 Å². The fourth-order valence-electron chi connectivity index (χ4n) is 4.11. The first kappa shape index (κ1) is 23.1. The predicted molar refractivity (Wildman–Crippen MR) is 127 cm³/mol. The summed E-state index contributed by atoms with van der Waals surface area (Å²) in [5.41, 5.74) is 3.22. The number of esters is 1. The number of rotatable bonds is 3. The van der Waals surface area contributed by atoms with Crippen LogP contribution in [0.15, 0.2) is 42.5 Å². The lowest BCUT2D eigenvalue weighted by Gasteiger charge is -2.34. The zero-order valence-electron chi connectivity index (χ0n) is 19.3. The number of amides is 1. The molecule has 0 radical (unpaired) electrons. The van der Waals surface area contributed by atoms with Crippen LogP contribution in [-0.2, 0) is 9.47 Å². The highest BCUT2D eigenvalue weighted by atomic mass is 35.5. The summed E-state index contributed by atoms with van der Waals surface area (Å²) < 4.78 is 11.9. The average Bonchev–Trinajstić information content (AvgIpc) is 3.13. The van der Waals surface area contributed by atoms with Crippen LogP contribution in [0.4, 0.5) is 4.79 Å². The van der Waals surface area contributed by atoms with Crippen molar-refractivity contribution in [3.8, 4) is 11.3 Å². The third-order valence-electron chi connectivity index (χ3n) is 5.72. The SMILES string of the molecule is COC(=O)c1cc(Cl)c2ccc(-c3ccc(C4CCCN(C(=O)OC(C)(C)C)C4)cc3)nn12. The first-order valence-electron chi connectivity index (χ1n) is 11.0. The van der Waals surface area contributed by atoms with E-state index in [4.69, 9.17) is 21.1 Å². The summed E-state index contributed by atoms with van der Waals surface area (Å²) >= 11 is 6.25. The number of nitrogens with zero attached hydrogens (tertiary/aromatic N) is 3. The first-order valence-corrected chi connectivity index (χ1v) is 11.4. The second-order valence-electron chi connectivity index (χ2n) is 9.27. The van der Waals surface area contributed by atoms with Crippen LogP contribution in [0, 0.1) is 0 Å². The molecule has 33 heavy (non-hydrogen) atoms. The standard InChI is InChI=1S/C25H28ClN3O4/c1-25(2,3)33-24(31)28-13-5-6-18(15-28)16-7-9-17(10-8-16)20-11-12-21-19(26)14-22(23(30)32-4)29(21)27-20/h7-12,14,18H,5-6,13,15H2,1-4H3. The van der Waals surface area contributed by atoms with Crippen molar-refractivity contribution in [1.82, 2.24) is 14.5 Å². The fourth-order valence-corrected chi connectivity index (χ4v) is 4.36. The van der Waals surface area contributed by atoms with E-state index >= 15 is 0 Å². The van der Waals surface area contributed by atoms with Crippen molar-refractivity contribution in [2.45, 2.75) is 45.1 Å². The molecule has 174 valence electrons. The summed E-state index contributed by atoms with van der Waals surface area (Å²) in [4.78, 5) is 26.4. The molecule has 1 atom stereocenters. The van der Waals surface area contributed by atoms with Gasteiger partial charge < -0.3 is 14.4 Å². The van der Waals surface area contributed by atoms with E-state index in [2.05, 4.69) is 17.2 Å². The van der Waals surface area contributed by atoms with Gasteiger partial charge in [-0.2, -0.15) is 5.10 Å². The molecule has 0 saturated carbocycles. The smallest absolute Gasteiger partial charge is 0.410 e. The van der Waals surface area contributed by atoms with Crippen molar-refractivity contribution in [1.29, 1.82) is 0 Å². The molecule has 1 fully saturated rings. The molecule has 0 aliphatic carbocycles. The Morgan fingerprint density at radius 2 is 1.85 bits per heavy atom. The second-order valence-corrected chi connectivity index (χ2v) is 9.68. The van der Waals surface area contributed by atoms with Crippen LogP contribution in [0.1, 0.15) is 55.6 Å². The van der Waals surface area contributed by atoms with Gasteiger partial charge >= 0.3 is 12.1 Å². The molecule has 1 amide bonds. The van der Waals surface area contributed by atoms with E-state index in [0.29, 0.717) is 22.8 Å². The molecule has 2 aromatic heterocycles. The highest BCUT2D eigenvalue weighted by Crippen LogP contribution is 2.30. The minimum atomic E-state index is -0.503. The second kappa shape index (κ2) is 9.06. The van der Waals surface area contributed by atoms with Crippen molar-refractivity contribution in [3.63, 3.8) is 0 Å². The van der Waals surface area contributed by atoms with Crippen molar-refractivity contribution in [2.75, 3.05) is 20.2 Å². The van der Waals surface area contributed by atoms with Crippen molar-refractivity contribution in [3.05, 3.63) is 58.7 Å². The maximum absolute atomic E-state index is 12.5. The highest BCUT2D eigenvalue weighted by Gasteiger charge is 2.28. The van der Waals surface area contributed by atoms with Crippen LogP contribution in [-0.4, -0.2) is 52.4 Å². The van der Waals surface area contributed by atoms with E-state index in [1.165, 1.54) is 17.2 Å². The number of halogens is 1. The lowest BCUT2D eigenvalue weighted by molar-refractivity contribution is 0.0198. The molecule has 1 aliphatic heterocycles. The number of aromatic nitrogens is 2. The number of piperidine rings is 1. The molecular weight excluding hydrogens is 442 g/mol. The van der Waals surface area contributed by atoms with Crippen molar-refractivity contribution in [2.24, 2.45) is 0 Å². The van der Waals surface area contributed by atoms with Gasteiger partial charge in [-0.05, 0) is 57.4 Å². The normalized spacial score (nSPS) is 16.6. The predicted octanol–water partition coefficient (Wildman–Crippen LogP) is 5.56. The minimum absolute atomic E-state index is 0.255. The number of hydrogen-bond donors (Lipinski definition) is 0. The van der Waals surface area contributed by atoms with Gasteiger partial charge in [0.25, 0.3) is 0 Å². The highest BCUT2D eigenvalue weighted by molar-refractivity contribution is 6.34. The van der Waals surface area contributed by atoms with Crippen molar-refractivity contribution >= 4 is 29.2 Å². The van der Waals surface area contributed by atoms with Gasteiger partial charge in [0.1, 0.15) is 5.60 Å². The lowest BCUT2D eigenvalue weighted by Crippen LogP contribution is -2.42. The molecule has 8 heteroatoms. The van der Waals surface area contributed by atoms with Gasteiger partial charge in [0.05, 0.1) is 23.3 Å². The number of methoxy groups -OCH3 is 1. The maximum atomic E-state index is 12.5. The van der Waals surface area contributed by atoms with Crippen LogP contribution < -0.4 is 0 Å². The van der Waals surface area contributed by atoms with Gasteiger partial charge in [-0.25, -0.2) is 14.1 Å². The van der Waals surface area contributed by atoms with Crippen LogP contribution in [0.2, 0.25) is 5.02 Å². The Balaban J connectivity index is 1.54. The van der Waals surface area contributed by atoms with E-state index in [1.807, 2.05) is 45.0 Å². The van der Waals surface area contributed by atoms with E-state index < -0.39 is 11.6 Å². The van der Waals surface area contributed by atoms with Gasteiger partial charge in [-0.3, -0.25) is 0 Å². The molecule has 0 spiro atoms. The van der Waals surface area contributed by atoms with E-state index in [1.54, 1.807) is 11.0 Å². The monoisotopic (exact) mass is 469 g/mol. The quantitative estimate of drug-likeness (QED) is 0.470. The molecule has 4 rings (SSSR count). The van der Waals surface area contributed by atoms with E-state index in [9.17, 15) is 9.59 Å². The molecule has 7 nitrogen and oxygen atoms in total. The van der Waals surface area contributed by atoms with Crippen LogP contribution in [0.5, 0.6) is 0 Å². The number of fused-ring (bicyclic) bond motifs is 1. The number of hydrogen-bond acceptors (Lipinski definition) is 5. The molecule has 0 bridgehead atoms. The number of likely N-dealkylation sites (tertiary alicyclic amines) is 1. The third-order valence-corrected chi connectivity index (χ3v) is 6.02. The van der Waals surface area contributed by atoms with Gasteiger partial charge in [0, 0.05) is 24.6 Å². The van der Waals surface area contributed by atoms with Crippen molar-refractivity contribution < 1.29 is 19.1 Å². The summed E-state index contributed by atoms with van der Waals surface area (Å²) in [5, 5.41) is 5.05. The Kier molecular flexibility index (Phi) is 6.34. The molecule has 3 aromatic rings. The van der Waals surface area contributed by atoms with E-state index in [-0.39, 0.29) is 17.7 Å². The minimum Gasteiger partial charge on any atom is -0.464 e. The van der Waals surface area contributed by atoms with Gasteiger partial charge in [-0.1, -0.05) is 35.9 Å². The Bertz CT molecular complexity index is 1180. The zero-order valence-corrected chi connectivity index (χ0v) is 20.1. The molecule has 0 N–H and O–H groups in total.